The molecule has 1 amide bonds. The molecule has 0 N–H and O–H groups in total. The molecule has 120 valence electrons. The lowest BCUT2D eigenvalue weighted by atomic mass is 10.2. The van der Waals surface area contributed by atoms with Crippen LogP contribution in [0.1, 0.15) is 11.3 Å². The molecule has 3 aromatic rings. The molecule has 0 atom stereocenters. The van der Waals surface area contributed by atoms with E-state index >= 15 is 0 Å². The highest BCUT2D eigenvalue weighted by Gasteiger charge is 2.06. The van der Waals surface area contributed by atoms with Gasteiger partial charge in [0.05, 0.1) is 22.9 Å². The Kier molecular flexibility index (Phi) is 4.61. The quantitative estimate of drug-likeness (QED) is 0.692. The summed E-state index contributed by atoms with van der Waals surface area (Å²) in [7, 11) is 1.70. The maximum absolute atomic E-state index is 12.9. The molecule has 0 radical (unpaired) electrons. The van der Waals surface area contributed by atoms with E-state index in [1.54, 1.807) is 36.4 Å². The number of rotatable bonds is 4. The Labute approximate surface area is 139 Å². The van der Waals surface area contributed by atoms with Crippen LogP contribution in [0.25, 0.3) is 17.1 Å². The Morgan fingerprint density at radius 3 is 2.58 bits per heavy atom. The zero-order valence-corrected chi connectivity index (χ0v) is 13.2. The Morgan fingerprint density at radius 1 is 1.12 bits per heavy atom. The molecule has 2 aromatic carbocycles. The van der Waals surface area contributed by atoms with Crippen LogP contribution in [0.15, 0.2) is 60.8 Å². The lowest BCUT2D eigenvalue weighted by Gasteiger charge is -2.15. The van der Waals surface area contributed by atoms with E-state index in [9.17, 15) is 9.18 Å². The third kappa shape index (κ3) is 3.81. The van der Waals surface area contributed by atoms with Gasteiger partial charge < -0.3 is 4.90 Å². The van der Waals surface area contributed by atoms with Crippen molar-refractivity contribution in [3.63, 3.8) is 0 Å². The summed E-state index contributed by atoms with van der Waals surface area (Å²) in [5.74, 6) is -0.447. The van der Waals surface area contributed by atoms with E-state index in [-0.39, 0.29) is 11.7 Å². The van der Waals surface area contributed by atoms with Crippen molar-refractivity contribution < 1.29 is 9.18 Å². The first-order valence-electron chi connectivity index (χ1n) is 7.51. The fourth-order valence-electron chi connectivity index (χ4n) is 2.28. The summed E-state index contributed by atoms with van der Waals surface area (Å²) in [6.45, 7) is 0.410. The van der Waals surface area contributed by atoms with Gasteiger partial charge in [0.2, 0.25) is 5.91 Å². The third-order valence-electron chi connectivity index (χ3n) is 3.57. The van der Waals surface area contributed by atoms with Crippen LogP contribution in [0.4, 0.5) is 4.39 Å². The third-order valence-corrected chi connectivity index (χ3v) is 3.57. The maximum Gasteiger partial charge on any atom is 0.246 e. The summed E-state index contributed by atoms with van der Waals surface area (Å²) in [6.07, 6.45) is 4.73. The average Bonchev–Trinajstić information content (AvgIpc) is 2.61. The van der Waals surface area contributed by atoms with E-state index in [1.807, 2.05) is 24.3 Å². The van der Waals surface area contributed by atoms with Gasteiger partial charge in [-0.25, -0.2) is 9.37 Å². The first kappa shape index (κ1) is 15.8. The van der Waals surface area contributed by atoms with E-state index in [2.05, 4.69) is 9.97 Å². The summed E-state index contributed by atoms with van der Waals surface area (Å²) in [5.41, 5.74) is 3.09. The number of benzene rings is 2. The van der Waals surface area contributed by atoms with Gasteiger partial charge in [-0.05, 0) is 35.9 Å². The van der Waals surface area contributed by atoms with Crippen molar-refractivity contribution in [1.82, 2.24) is 14.9 Å². The van der Waals surface area contributed by atoms with Gasteiger partial charge >= 0.3 is 0 Å². The van der Waals surface area contributed by atoms with Crippen LogP contribution in [0.3, 0.4) is 0 Å². The number of aromatic nitrogens is 2. The first-order valence-corrected chi connectivity index (χ1v) is 7.51. The van der Waals surface area contributed by atoms with Gasteiger partial charge in [-0.1, -0.05) is 24.3 Å². The lowest BCUT2D eigenvalue weighted by molar-refractivity contribution is -0.125. The highest BCUT2D eigenvalue weighted by atomic mass is 19.1. The van der Waals surface area contributed by atoms with Crippen molar-refractivity contribution in [2.45, 2.75) is 6.54 Å². The van der Waals surface area contributed by atoms with Crippen molar-refractivity contribution in [1.29, 1.82) is 0 Å². The van der Waals surface area contributed by atoms with Gasteiger partial charge in [0.1, 0.15) is 5.82 Å². The van der Waals surface area contributed by atoms with Crippen molar-refractivity contribution in [3.05, 3.63) is 77.9 Å². The predicted molar refractivity (Wildman–Crippen MR) is 91.4 cm³/mol. The maximum atomic E-state index is 12.9. The number of fused-ring (bicyclic) bond motifs is 1. The molecule has 1 heterocycles. The molecule has 0 aliphatic carbocycles. The Morgan fingerprint density at radius 2 is 1.83 bits per heavy atom. The molecule has 4 nitrogen and oxygen atoms in total. The number of carbonyl (C=O) groups is 1. The van der Waals surface area contributed by atoms with Crippen LogP contribution < -0.4 is 0 Å². The molecular weight excluding hydrogens is 305 g/mol. The molecule has 0 saturated heterocycles. The smallest absolute Gasteiger partial charge is 0.246 e. The number of amides is 1. The van der Waals surface area contributed by atoms with Gasteiger partial charge in [0.15, 0.2) is 0 Å². The zero-order chi connectivity index (χ0) is 16.9. The minimum Gasteiger partial charge on any atom is -0.338 e. The molecular formula is C19H16FN3O. The summed E-state index contributed by atoms with van der Waals surface area (Å²) in [6, 6.07) is 13.7. The highest BCUT2D eigenvalue weighted by molar-refractivity contribution is 5.91. The summed E-state index contributed by atoms with van der Waals surface area (Å²) in [5, 5.41) is 0. The van der Waals surface area contributed by atoms with E-state index < -0.39 is 0 Å². The van der Waals surface area contributed by atoms with Gasteiger partial charge in [0, 0.05) is 19.7 Å². The van der Waals surface area contributed by atoms with Gasteiger partial charge in [-0.15, -0.1) is 0 Å². The van der Waals surface area contributed by atoms with E-state index in [0.29, 0.717) is 12.2 Å². The second-order valence-corrected chi connectivity index (χ2v) is 5.44. The number of para-hydroxylation sites is 2. The molecule has 24 heavy (non-hydrogen) atoms. The fraction of sp³-hybridized carbons (Fsp3) is 0.105. The average molecular weight is 321 g/mol. The summed E-state index contributed by atoms with van der Waals surface area (Å²) in [4.78, 5) is 22.5. The lowest BCUT2D eigenvalue weighted by Crippen LogP contribution is -2.24. The normalized spacial score (nSPS) is 11.1. The van der Waals surface area contributed by atoms with Gasteiger partial charge in [0.25, 0.3) is 0 Å². The number of hydrogen-bond acceptors (Lipinski definition) is 3. The molecule has 0 aliphatic rings. The minimum atomic E-state index is -0.289. The molecule has 0 fully saturated rings. The molecule has 0 spiro atoms. The Hall–Kier alpha value is -3.08. The molecule has 0 bridgehead atoms. The van der Waals surface area contributed by atoms with E-state index in [0.717, 1.165) is 16.6 Å². The minimum absolute atomic E-state index is 0.158. The van der Waals surface area contributed by atoms with Crippen molar-refractivity contribution in [3.8, 4) is 0 Å². The van der Waals surface area contributed by atoms with Crippen molar-refractivity contribution >= 4 is 23.0 Å². The molecule has 1 aromatic heterocycles. The van der Waals surface area contributed by atoms with Crippen LogP contribution in [-0.4, -0.2) is 27.8 Å². The van der Waals surface area contributed by atoms with Gasteiger partial charge in [-0.3, -0.25) is 9.78 Å². The number of carbonyl (C=O) groups excluding carboxylic acids is 1. The molecule has 0 unspecified atom stereocenters. The summed E-state index contributed by atoms with van der Waals surface area (Å²) < 4.78 is 12.9. The summed E-state index contributed by atoms with van der Waals surface area (Å²) >= 11 is 0. The Bertz CT molecular complexity index is 891. The second-order valence-electron chi connectivity index (χ2n) is 5.44. The number of hydrogen-bond donors (Lipinski definition) is 0. The van der Waals surface area contributed by atoms with E-state index in [1.165, 1.54) is 18.2 Å². The molecule has 3 rings (SSSR count). The van der Waals surface area contributed by atoms with E-state index in [4.69, 9.17) is 0 Å². The monoisotopic (exact) mass is 321 g/mol. The van der Waals surface area contributed by atoms with Crippen molar-refractivity contribution in [2.75, 3.05) is 7.05 Å². The molecule has 5 heteroatoms. The highest BCUT2D eigenvalue weighted by Crippen LogP contribution is 2.10. The topological polar surface area (TPSA) is 46.1 Å². The van der Waals surface area contributed by atoms with Crippen LogP contribution >= 0.6 is 0 Å². The van der Waals surface area contributed by atoms with Crippen molar-refractivity contribution in [2.24, 2.45) is 0 Å². The van der Waals surface area contributed by atoms with Crippen LogP contribution in [-0.2, 0) is 11.3 Å². The Balaban J connectivity index is 1.67. The van der Waals surface area contributed by atoms with Crippen LogP contribution in [0.5, 0.6) is 0 Å². The SMILES string of the molecule is CN(Cc1ccc(F)cc1)C(=O)/C=C/c1cnc2ccccc2n1. The standard InChI is InChI=1S/C19H16FN3O/c1-23(13-14-6-8-15(20)9-7-14)19(24)11-10-16-12-21-17-4-2-3-5-18(17)22-16/h2-12H,13H2,1H3/b11-10+. The number of likely N-dealkylation sites (N-methyl/N-ethyl adjacent to an activating group) is 1. The largest absolute Gasteiger partial charge is 0.338 e. The number of nitrogens with zero attached hydrogens (tertiary/aromatic N) is 3. The molecule has 0 saturated carbocycles. The van der Waals surface area contributed by atoms with Gasteiger partial charge in [-0.2, -0.15) is 0 Å². The fourth-order valence-corrected chi connectivity index (χ4v) is 2.28. The second kappa shape index (κ2) is 7.00. The predicted octanol–water partition coefficient (Wildman–Crippen LogP) is 3.44. The first-order chi connectivity index (χ1) is 11.6. The number of halogens is 1. The zero-order valence-electron chi connectivity index (χ0n) is 13.2. The van der Waals surface area contributed by atoms with Crippen LogP contribution in [0.2, 0.25) is 0 Å². The molecule has 0 aliphatic heterocycles. The van der Waals surface area contributed by atoms with Crippen LogP contribution in [0, 0.1) is 5.82 Å².